The highest BCUT2D eigenvalue weighted by molar-refractivity contribution is 5.29. The summed E-state index contributed by atoms with van der Waals surface area (Å²) in [6.45, 7) is 1.31. The largest absolute Gasteiger partial charge is 0.491 e. The van der Waals surface area contributed by atoms with Crippen molar-refractivity contribution in [3.63, 3.8) is 0 Å². The minimum Gasteiger partial charge on any atom is -0.491 e. The number of ether oxygens (including phenoxy) is 1. The van der Waals surface area contributed by atoms with Crippen LogP contribution in [0.4, 0.5) is 8.78 Å². The maximum absolute atomic E-state index is 13.8. The number of hydrogen-bond donors (Lipinski definition) is 1. The summed E-state index contributed by atoms with van der Waals surface area (Å²) in [7, 11) is 0. The molecule has 0 saturated heterocycles. The van der Waals surface area contributed by atoms with Gasteiger partial charge in [0.25, 0.3) is 0 Å². The van der Waals surface area contributed by atoms with Gasteiger partial charge in [0.2, 0.25) is 0 Å². The quantitative estimate of drug-likeness (QED) is 0.917. The second-order valence-corrected chi connectivity index (χ2v) is 4.23. The second kappa shape index (κ2) is 5.80. The zero-order valence-electron chi connectivity index (χ0n) is 10.4. The molecule has 0 fully saturated rings. The van der Waals surface area contributed by atoms with Crippen LogP contribution in [0.25, 0.3) is 0 Å². The van der Waals surface area contributed by atoms with Crippen molar-refractivity contribution in [2.45, 2.75) is 13.0 Å². The molecule has 2 aromatic rings. The average Bonchev–Trinajstić information content (AvgIpc) is 2.42. The Bertz CT molecular complexity index is 556. The third kappa shape index (κ3) is 3.09. The molecule has 0 aliphatic heterocycles. The van der Waals surface area contributed by atoms with Gasteiger partial charge in [0.15, 0.2) is 0 Å². The van der Waals surface area contributed by atoms with Crippen LogP contribution in [0.15, 0.2) is 42.5 Å². The number of para-hydroxylation sites is 1. The summed E-state index contributed by atoms with van der Waals surface area (Å²) in [6, 6.07) is 11.2. The first-order chi connectivity index (χ1) is 9.09. The van der Waals surface area contributed by atoms with Crippen molar-refractivity contribution in [2.24, 2.45) is 0 Å². The fourth-order valence-electron chi connectivity index (χ4n) is 1.76. The first-order valence-electron chi connectivity index (χ1n) is 5.90. The zero-order valence-corrected chi connectivity index (χ0v) is 10.4. The van der Waals surface area contributed by atoms with Gasteiger partial charge >= 0.3 is 0 Å². The molecule has 100 valence electrons. The Morgan fingerprint density at radius 1 is 1.11 bits per heavy atom. The van der Waals surface area contributed by atoms with Crippen molar-refractivity contribution in [1.29, 1.82) is 0 Å². The van der Waals surface area contributed by atoms with Crippen molar-refractivity contribution < 1.29 is 18.6 Å². The van der Waals surface area contributed by atoms with Gasteiger partial charge in [-0.1, -0.05) is 24.3 Å². The normalized spacial score (nSPS) is 12.2. The number of hydrogen-bond acceptors (Lipinski definition) is 2. The van der Waals surface area contributed by atoms with Gasteiger partial charge in [0.05, 0.1) is 5.56 Å². The lowest BCUT2D eigenvalue weighted by molar-refractivity contribution is 0.101. The summed E-state index contributed by atoms with van der Waals surface area (Å²) in [6.07, 6.45) is -1.35. The van der Waals surface area contributed by atoms with E-state index in [1.165, 1.54) is 13.0 Å². The van der Waals surface area contributed by atoms with Gasteiger partial charge in [0.1, 0.15) is 30.1 Å². The van der Waals surface area contributed by atoms with Crippen molar-refractivity contribution >= 4 is 0 Å². The Morgan fingerprint density at radius 2 is 1.79 bits per heavy atom. The average molecular weight is 264 g/mol. The number of aryl methyl sites for hydroxylation is 1. The summed E-state index contributed by atoms with van der Waals surface area (Å²) >= 11 is 0. The Balaban J connectivity index is 2.12. The molecule has 0 saturated carbocycles. The summed E-state index contributed by atoms with van der Waals surface area (Å²) in [5, 5.41) is 9.86. The Labute approximate surface area is 110 Å². The monoisotopic (exact) mass is 264 g/mol. The molecule has 0 aromatic heterocycles. The van der Waals surface area contributed by atoms with Crippen LogP contribution in [0, 0.1) is 18.6 Å². The van der Waals surface area contributed by atoms with E-state index < -0.39 is 17.7 Å². The van der Waals surface area contributed by atoms with Crippen molar-refractivity contribution in [1.82, 2.24) is 0 Å². The number of rotatable bonds is 4. The number of aliphatic hydroxyl groups excluding tert-OH is 1. The molecule has 0 aliphatic rings. The third-order valence-electron chi connectivity index (χ3n) is 2.80. The molecule has 0 heterocycles. The molecule has 19 heavy (non-hydrogen) atoms. The predicted octanol–water partition coefficient (Wildman–Crippen LogP) is 3.39. The first kappa shape index (κ1) is 13.5. The summed E-state index contributed by atoms with van der Waals surface area (Å²) in [5.74, 6) is -0.966. The van der Waals surface area contributed by atoms with E-state index in [2.05, 4.69) is 0 Å². The van der Waals surface area contributed by atoms with E-state index in [9.17, 15) is 13.9 Å². The third-order valence-corrected chi connectivity index (χ3v) is 2.80. The minimum absolute atomic E-state index is 0.207. The Hall–Kier alpha value is -1.94. The van der Waals surface area contributed by atoms with Crippen molar-refractivity contribution in [3.05, 3.63) is 65.2 Å². The molecule has 0 radical (unpaired) electrons. The van der Waals surface area contributed by atoms with Crippen molar-refractivity contribution in [3.8, 4) is 5.75 Å². The topological polar surface area (TPSA) is 29.5 Å². The fourth-order valence-corrected chi connectivity index (χ4v) is 1.76. The molecule has 0 amide bonds. The highest BCUT2D eigenvalue weighted by atomic mass is 19.1. The molecule has 1 N–H and O–H groups in total. The molecule has 0 bridgehead atoms. The Morgan fingerprint density at radius 3 is 2.47 bits per heavy atom. The minimum atomic E-state index is -1.35. The van der Waals surface area contributed by atoms with Gasteiger partial charge in [0, 0.05) is 0 Å². The molecule has 2 aromatic carbocycles. The van der Waals surface area contributed by atoms with Crippen LogP contribution in [0.2, 0.25) is 0 Å². The zero-order chi connectivity index (χ0) is 13.8. The lowest BCUT2D eigenvalue weighted by atomic mass is 10.1. The SMILES string of the molecule is Cc1ccc(F)c(C(O)COc2ccccc2)c1F. The summed E-state index contributed by atoms with van der Waals surface area (Å²) < 4.78 is 32.6. The molecular formula is C15H14F2O2. The smallest absolute Gasteiger partial charge is 0.134 e. The molecule has 1 unspecified atom stereocenters. The standard InChI is InChI=1S/C15H14F2O2/c1-10-7-8-12(16)14(15(10)17)13(18)9-19-11-5-3-2-4-6-11/h2-8,13,18H,9H2,1H3. The van der Waals surface area contributed by atoms with Gasteiger partial charge in [-0.05, 0) is 30.7 Å². The number of benzene rings is 2. The Kier molecular flexibility index (Phi) is 4.12. The van der Waals surface area contributed by atoms with Crippen LogP contribution in [0.5, 0.6) is 5.75 Å². The van der Waals surface area contributed by atoms with Gasteiger partial charge in [-0.2, -0.15) is 0 Å². The first-order valence-corrected chi connectivity index (χ1v) is 5.90. The highest BCUT2D eigenvalue weighted by Gasteiger charge is 2.20. The number of halogens is 2. The van der Waals surface area contributed by atoms with Gasteiger partial charge in [-0.25, -0.2) is 8.78 Å². The maximum Gasteiger partial charge on any atom is 0.134 e. The lowest BCUT2D eigenvalue weighted by Gasteiger charge is -2.15. The molecular weight excluding hydrogens is 250 g/mol. The van der Waals surface area contributed by atoms with Crippen LogP contribution in [-0.2, 0) is 0 Å². The van der Waals surface area contributed by atoms with Crippen LogP contribution < -0.4 is 4.74 Å². The van der Waals surface area contributed by atoms with Gasteiger partial charge in [-0.3, -0.25) is 0 Å². The molecule has 0 spiro atoms. The van der Waals surface area contributed by atoms with Gasteiger partial charge in [-0.15, -0.1) is 0 Å². The van der Waals surface area contributed by atoms with E-state index in [1.807, 2.05) is 6.07 Å². The van der Waals surface area contributed by atoms with Crippen LogP contribution in [-0.4, -0.2) is 11.7 Å². The van der Waals surface area contributed by atoms with E-state index in [0.29, 0.717) is 5.75 Å². The van der Waals surface area contributed by atoms with E-state index in [0.717, 1.165) is 6.07 Å². The molecule has 4 heteroatoms. The number of aliphatic hydroxyl groups is 1. The highest BCUT2D eigenvalue weighted by Crippen LogP contribution is 2.24. The van der Waals surface area contributed by atoms with Crippen LogP contribution in [0.3, 0.4) is 0 Å². The van der Waals surface area contributed by atoms with Gasteiger partial charge < -0.3 is 9.84 Å². The van der Waals surface area contributed by atoms with E-state index in [-0.39, 0.29) is 17.7 Å². The fraction of sp³-hybridized carbons (Fsp3) is 0.200. The van der Waals surface area contributed by atoms with Crippen molar-refractivity contribution in [2.75, 3.05) is 6.61 Å². The van der Waals surface area contributed by atoms with E-state index in [4.69, 9.17) is 4.74 Å². The second-order valence-electron chi connectivity index (χ2n) is 4.23. The van der Waals surface area contributed by atoms with Crippen LogP contribution >= 0.6 is 0 Å². The predicted molar refractivity (Wildman–Crippen MR) is 68.0 cm³/mol. The molecule has 0 aliphatic carbocycles. The molecule has 2 nitrogen and oxygen atoms in total. The summed E-state index contributed by atoms with van der Waals surface area (Å²) in [5.41, 5.74) is -0.0638. The maximum atomic E-state index is 13.8. The van der Waals surface area contributed by atoms with E-state index in [1.54, 1.807) is 24.3 Å². The lowest BCUT2D eigenvalue weighted by Crippen LogP contribution is -2.13. The molecule has 2 rings (SSSR count). The molecule has 1 atom stereocenters. The van der Waals surface area contributed by atoms with E-state index >= 15 is 0 Å². The summed E-state index contributed by atoms with van der Waals surface area (Å²) in [4.78, 5) is 0. The van der Waals surface area contributed by atoms with Crippen LogP contribution in [0.1, 0.15) is 17.2 Å².